The molecule has 1 aliphatic rings. The van der Waals surface area contributed by atoms with E-state index in [0.717, 1.165) is 17.2 Å². The normalized spacial score (nSPS) is 19.5. The summed E-state index contributed by atoms with van der Waals surface area (Å²) in [6.07, 6.45) is 0.748. The SMILES string of the molecule is CC[C@@]1(c2ccc(F)cc2)CCN([C@@H](C)c2ccc(-c3ccc(F)cc3F)cc2)C(=O)O1. The molecular formula is C26H24F3NO2. The molecule has 0 radical (unpaired) electrons. The van der Waals surface area contributed by atoms with Crippen LogP contribution in [0, 0.1) is 17.5 Å². The van der Waals surface area contributed by atoms with E-state index in [1.807, 2.05) is 26.0 Å². The Labute approximate surface area is 185 Å². The summed E-state index contributed by atoms with van der Waals surface area (Å²) >= 11 is 0. The van der Waals surface area contributed by atoms with Crippen LogP contribution in [0.3, 0.4) is 0 Å². The molecule has 0 N–H and O–H groups in total. The maximum atomic E-state index is 14.1. The van der Waals surface area contributed by atoms with Gasteiger partial charge in [-0.3, -0.25) is 0 Å². The van der Waals surface area contributed by atoms with Crippen LogP contribution in [-0.2, 0) is 10.3 Å². The molecule has 2 atom stereocenters. The molecule has 3 aromatic carbocycles. The van der Waals surface area contributed by atoms with Crippen LogP contribution in [0.5, 0.6) is 0 Å². The minimum absolute atomic E-state index is 0.252. The molecule has 0 unspecified atom stereocenters. The maximum Gasteiger partial charge on any atom is 0.411 e. The Hall–Kier alpha value is -3.28. The molecule has 0 aromatic heterocycles. The van der Waals surface area contributed by atoms with Crippen LogP contribution in [0.2, 0.25) is 0 Å². The molecule has 1 saturated heterocycles. The third-order valence-electron chi connectivity index (χ3n) is 6.32. The topological polar surface area (TPSA) is 29.5 Å². The molecule has 6 heteroatoms. The number of ether oxygens (including phenoxy) is 1. The van der Waals surface area contributed by atoms with Crippen LogP contribution < -0.4 is 0 Å². The molecule has 0 spiro atoms. The zero-order valence-corrected chi connectivity index (χ0v) is 17.9. The molecule has 0 aliphatic carbocycles. The van der Waals surface area contributed by atoms with Crippen molar-refractivity contribution < 1.29 is 22.7 Å². The van der Waals surface area contributed by atoms with Crippen LogP contribution in [-0.4, -0.2) is 17.5 Å². The number of amides is 1. The van der Waals surface area contributed by atoms with Crippen LogP contribution in [0.15, 0.2) is 66.7 Å². The molecule has 3 aromatic rings. The van der Waals surface area contributed by atoms with Gasteiger partial charge in [0.25, 0.3) is 0 Å². The Bertz CT molecular complexity index is 1110. The van der Waals surface area contributed by atoms with Crippen molar-refractivity contribution in [3.05, 3.63) is 95.3 Å². The van der Waals surface area contributed by atoms with Crippen molar-refractivity contribution in [1.29, 1.82) is 0 Å². The van der Waals surface area contributed by atoms with Crippen molar-refractivity contribution in [3.63, 3.8) is 0 Å². The van der Waals surface area contributed by atoms with E-state index < -0.39 is 23.3 Å². The summed E-state index contributed by atoms with van der Waals surface area (Å²) in [6.45, 7) is 4.34. The van der Waals surface area contributed by atoms with Gasteiger partial charge in [-0.1, -0.05) is 43.3 Å². The lowest BCUT2D eigenvalue weighted by molar-refractivity contribution is -0.0628. The number of hydrogen-bond acceptors (Lipinski definition) is 2. The molecule has 3 nitrogen and oxygen atoms in total. The lowest BCUT2D eigenvalue weighted by Gasteiger charge is -2.43. The van der Waals surface area contributed by atoms with E-state index in [1.54, 1.807) is 29.2 Å². The van der Waals surface area contributed by atoms with Gasteiger partial charge in [-0.25, -0.2) is 18.0 Å². The van der Waals surface area contributed by atoms with E-state index in [4.69, 9.17) is 4.74 Å². The summed E-state index contributed by atoms with van der Waals surface area (Å²) in [4.78, 5) is 14.6. The van der Waals surface area contributed by atoms with Gasteiger partial charge in [0, 0.05) is 24.6 Å². The fourth-order valence-electron chi connectivity index (χ4n) is 4.28. The van der Waals surface area contributed by atoms with E-state index in [-0.39, 0.29) is 11.9 Å². The minimum Gasteiger partial charge on any atom is -0.438 e. The van der Waals surface area contributed by atoms with Gasteiger partial charge >= 0.3 is 6.09 Å². The lowest BCUT2D eigenvalue weighted by Crippen LogP contribution is -2.48. The lowest BCUT2D eigenvalue weighted by atomic mass is 9.86. The zero-order valence-electron chi connectivity index (χ0n) is 17.9. The maximum absolute atomic E-state index is 14.1. The zero-order chi connectivity index (χ0) is 22.9. The third kappa shape index (κ3) is 4.09. The van der Waals surface area contributed by atoms with Gasteiger partial charge in [0.05, 0.1) is 6.04 Å². The number of rotatable bonds is 5. The molecule has 0 bridgehead atoms. The summed E-state index contributed by atoms with van der Waals surface area (Å²) in [7, 11) is 0. The van der Waals surface area contributed by atoms with Crippen molar-refractivity contribution in [1.82, 2.24) is 4.90 Å². The van der Waals surface area contributed by atoms with Crippen LogP contribution in [0.1, 0.15) is 43.9 Å². The standard InChI is InChI=1S/C26H24F3NO2/c1-3-26(20-8-10-21(27)11-9-20)14-15-30(25(31)32-26)17(2)18-4-6-19(7-5-18)23-13-12-22(28)16-24(23)29/h4-13,16-17H,3,14-15H2,1-2H3/t17-,26-/m0/s1. The number of carbonyl (C=O) groups excluding carboxylic acids is 1. The van der Waals surface area contributed by atoms with Gasteiger partial charge in [-0.15, -0.1) is 0 Å². The molecular weight excluding hydrogens is 415 g/mol. The first kappa shape index (κ1) is 21.9. The largest absolute Gasteiger partial charge is 0.438 e. The molecule has 0 saturated carbocycles. The van der Waals surface area contributed by atoms with Crippen LogP contribution >= 0.6 is 0 Å². The van der Waals surface area contributed by atoms with Crippen molar-refractivity contribution in [2.24, 2.45) is 0 Å². The number of carbonyl (C=O) groups is 1. The Balaban J connectivity index is 1.51. The second-order valence-corrected chi connectivity index (χ2v) is 8.09. The predicted octanol–water partition coefficient (Wildman–Crippen LogP) is 6.98. The Morgan fingerprint density at radius 3 is 2.22 bits per heavy atom. The number of nitrogens with zero attached hydrogens (tertiary/aromatic N) is 1. The Kier molecular flexibility index (Phi) is 5.96. The first-order valence-electron chi connectivity index (χ1n) is 10.6. The van der Waals surface area contributed by atoms with Crippen molar-refractivity contribution in [2.75, 3.05) is 6.54 Å². The van der Waals surface area contributed by atoms with Gasteiger partial charge in [0.2, 0.25) is 0 Å². The second kappa shape index (κ2) is 8.69. The van der Waals surface area contributed by atoms with Gasteiger partial charge in [-0.05, 0) is 54.3 Å². The van der Waals surface area contributed by atoms with E-state index in [0.29, 0.717) is 30.5 Å². The highest BCUT2D eigenvalue weighted by Crippen LogP contribution is 2.39. The highest BCUT2D eigenvalue weighted by Gasteiger charge is 2.42. The van der Waals surface area contributed by atoms with Crippen LogP contribution in [0.4, 0.5) is 18.0 Å². The Morgan fingerprint density at radius 2 is 1.62 bits per heavy atom. The molecule has 1 amide bonds. The molecule has 1 aliphatic heterocycles. The third-order valence-corrected chi connectivity index (χ3v) is 6.32. The van der Waals surface area contributed by atoms with E-state index in [9.17, 15) is 18.0 Å². The van der Waals surface area contributed by atoms with Gasteiger partial charge in [-0.2, -0.15) is 0 Å². The summed E-state index contributed by atoms with van der Waals surface area (Å²) in [5, 5.41) is 0. The smallest absolute Gasteiger partial charge is 0.411 e. The van der Waals surface area contributed by atoms with Gasteiger partial charge in [0.15, 0.2) is 0 Å². The average molecular weight is 439 g/mol. The summed E-state index contributed by atoms with van der Waals surface area (Å²) in [6, 6.07) is 16.5. The summed E-state index contributed by atoms with van der Waals surface area (Å²) < 4.78 is 46.5. The second-order valence-electron chi connectivity index (χ2n) is 8.09. The number of benzene rings is 3. The quantitative estimate of drug-likeness (QED) is 0.429. The van der Waals surface area contributed by atoms with E-state index in [1.165, 1.54) is 24.3 Å². The van der Waals surface area contributed by atoms with E-state index in [2.05, 4.69) is 0 Å². The summed E-state index contributed by atoms with van der Waals surface area (Å²) in [5.74, 6) is -1.58. The molecule has 1 fully saturated rings. The predicted molar refractivity (Wildman–Crippen MR) is 116 cm³/mol. The molecule has 1 heterocycles. The Morgan fingerprint density at radius 1 is 0.969 bits per heavy atom. The molecule has 4 rings (SSSR count). The molecule has 32 heavy (non-hydrogen) atoms. The van der Waals surface area contributed by atoms with Crippen molar-refractivity contribution in [2.45, 2.75) is 38.3 Å². The van der Waals surface area contributed by atoms with Crippen molar-refractivity contribution in [3.8, 4) is 11.1 Å². The minimum atomic E-state index is -0.773. The van der Waals surface area contributed by atoms with Gasteiger partial charge in [0.1, 0.15) is 23.1 Å². The van der Waals surface area contributed by atoms with Crippen LogP contribution in [0.25, 0.3) is 11.1 Å². The number of halogens is 3. The van der Waals surface area contributed by atoms with Crippen molar-refractivity contribution >= 4 is 6.09 Å². The summed E-state index contributed by atoms with van der Waals surface area (Å²) in [5.41, 5.74) is 1.83. The first-order valence-corrected chi connectivity index (χ1v) is 10.6. The fraction of sp³-hybridized carbons (Fsp3) is 0.269. The average Bonchev–Trinajstić information content (AvgIpc) is 2.79. The van der Waals surface area contributed by atoms with Gasteiger partial charge < -0.3 is 9.64 Å². The highest BCUT2D eigenvalue weighted by atomic mass is 19.1. The monoisotopic (exact) mass is 439 g/mol. The van der Waals surface area contributed by atoms with E-state index >= 15 is 0 Å². The number of cyclic esters (lactones) is 1. The molecule has 166 valence electrons. The highest BCUT2D eigenvalue weighted by molar-refractivity contribution is 5.70. The number of hydrogen-bond donors (Lipinski definition) is 0. The first-order chi connectivity index (χ1) is 15.3. The fourth-order valence-corrected chi connectivity index (χ4v) is 4.28.